The maximum absolute atomic E-state index is 12.7. The number of benzene rings is 2. The van der Waals surface area contributed by atoms with Gasteiger partial charge >= 0.3 is 5.69 Å². The maximum atomic E-state index is 12.7. The normalized spacial score (nSPS) is 12.8. The highest BCUT2D eigenvalue weighted by Crippen LogP contribution is 2.28. The highest BCUT2D eigenvalue weighted by atomic mass is 32.2. The highest BCUT2D eigenvalue weighted by Gasteiger charge is 2.20. The van der Waals surface area contributed by atoms with Crippen molar-refractivity contribution in [1.29, 1.82) is 0 Å². The van der Waals surface area contributed by atoms with E-state index < -0.39 is 5.25 Å². The van der Waals surface area contributed by atoms with Gasteiger partial charge in [-0.25, -0.2) is 4.79 Å². The Balaban J connectivity index is 1.46. The second-order valence-corrected chi connectivity index (χ2v) is 10.1. The van der Waals surface area contributed by atoms with E-state index in [1.807, 2.05) is 18.5 Å². The molecule has 32 heavy (non-hydrogen) atoms. The van der Waals surface area contributed by atoms with Crippen molar-refractivity contribution in [3.05, 3.63) is 58.5 Å². The summed E-state index contributed by atoms with van der Waals surface area (Å²) in [5.74, 6) is 0.591. The molecule has 0 aliphatic carbocycles. The molecule has 0 saturated carbocycles. The lowest BCUT2D eigenvalue weighted by molar-refractivity contribution is -0.115. The molecule has 0 radical (unpaired) electrons. The fraction of sp³-hybridized carbons (Fsp3) is 0.304. The van der Waals surface area contributed by atoms with Gasteiger partial charge in [0.15, 0.2) is 11.0 Å². The molecule has 2 aromatic carbocycles. The molecular formula is C23H26N6O2S. The zero-order valence-corrected chi connectivity index (χ0v) is 19.5. The minimum Gasteiger partial charge on any atom is -0.325 e. The summed E-state index contributed by atoms with van der Waals surface area (Å²) in [4.78, 5) is 29.5. The number of rotatable bonds is 5. The molecule has 0 bridgehead atoms. The summed E-state index contributed by atoms with van der Waals surface area (Å²) in [5.41, 5.74) is 3.99. The predicted octanol–water partition coefficient (Wildman–Crippen LogP) is 4.07. The van der Waals surface area contributed by atoms with Gasteiger partial charge in [0.25, 0.3) is 0 Å². The molecule has 8 nitrogen and oxygen atoms in total. The van der Waals surface area contributed by atoms with Crippen molar-refractivity contribution in [3.63, 3.8) is 0 Å². The smallest absolute Gasteiger partial charge is 0.323 e. The average molecular weight is 451 g/mol. The first-order valence-electron chi connectivity index (χ1n) is 10.3. The molecule has 1 amide bonds. The minimum atomic E-state index is -0.394. The molecule has 0 spiro atoms. The highest BCUT2D eigenvalue weighted by molar-refractivity contribution is 8.00. The number of imidazole rings is 1. The van der Waals surface area contributed by atoms with Crippen molar-refractivity contribution in [2.45, 2.75) is 43.5 Å². The van der Waals surface area contributed by atoms with E-state index in [0.717, 1.165) is 11.4 Å². The molecule has 4 aromatic rings. The number of hydrogen-bond donors (Lipinski definition) is 3. The maximum Gasteiger partial charge on any atom is 0.323 e. The van der Waals surface area contributed by atoms with Crippen molar-refractivity contribution >= 4 is 34.4 Å². The summed E-state index contributed by atoms with van der Waals surface area (Å²) in [6.45, 7) is 8.37. The summed E-state index contributed by atoms with van der Waals surface area (Å²) in [7, 11) is 1.90. The van der Waals surface area contributed by atoms with Crippen LogP contribution in [0.3, 0.4) is 0 Å². The Labute approximate surface area is 189 Å². The van der Waals surface area contributed by atoms with Gasteiger partial charge in [-0.3, -0.25) is 4.79 Å². The van der Waals surface area contributed by atoms with Crippen molar-refractivity contribution < 1.29 is 4.79 Å². The lowest BCUT2D eigenvalue weighted by Crippen LogP contribution is -2.22. The molecule has 2 heterocycles. The number of carbonyl (C=O) groups is 1. The monoisotopic (exact) mass is 450 g/mol. The topological polar surface area (TPSA) is 108 Å². The molecule has 9 heteroatoms. The summed E-state index contributed by atoms with van der Waals surface area (Å²) >= 11 is 1.34. The Morgan fingerprint density at radius 1 is 1.06 bits per heavy atom. The molecule has 0 fully saturated rings. The SMILES string of the molecule is CC(Sc1nnc(-c2ccc(C(C)(C)C)cc2)n1C)C(=O)Nc1ccc2[nH]c(=O)[nH]c2c1. The molecule has 4 rings (SSSR count). The Kier molecular flexibility index (Phi) is 5.68. The largest absolute Gasteiger partial charge is 0.325 e. The number of fused-ring (bicyclic) bond motifs is 1. The Morgan fingerprint density at radius 2 is 1.75 bits per heavy atom. The molecular weight excluding hydrogens is 424 g/mol. The lowest BCUT2D eigenvalue weighted by atomic mass is 9.87. The van der Waals surface area contributed by atoms with Crippen LogP contribution in [0.5, 0.6) is 0 Å². The molecule has 0 aliphatic heterocycles. The number of carbonyl (C=O) groups excluding carboxylic acids is 1. The standard InChI is InChI=1S/C23H26N6O2S/c1-13(20(30)24-16-10-11-17-18(12-16)26-21(31)25-17)32-22-28-27-19(29(22)5)14-6-8-15(9-7-14)23(2,3)4/h6-13H,1-5H3,(H,24,30)(H2,25,26,31). The van der Waals surface area contributed by atoms with Crippen LogP contribution in [-0.2, 0) is 17.3 Å². The van der Waals surface area contributed by atoms with Gasteiger partial charge in [-0.15, -0.1) is 10.2 Å². The Morgan fingerprint density at radius 3 is 2.44 bits per heavy atom. The molecule has 0 aliphatic rings. The number of thioether (sulfide) groups is 1. The van der Waals surface area contributed by atoms with Gasteiger partial charge in [0.05, 0.1) is 16.3 Å². The number of nitrogens with zero attached hydrogens (tertiary/aromatic N) is 3. The van der Waals surface area contributed by atoms with Crippen LogP contribution in [0.25, 0.3) is 22.4 Å². The van der Waals surface area contributed by atoms with E-state index >= 15 is 0 Å². The van der Waals surface area contributed by atoms with E-state index in [0.29, 0.717) is 21.9 Å². The van der Waals surface area contributed by atoms with Crippen LogP contribution in [-0.4, -0.2) is 35.9 Å². The van der Waals surface area contributed by atoms with Gasteiger partial charge in [0, 0.05) is 18.3 Å². The van der Waals surface area contributed by atoms with Crippen LogP contribution in [0, 0.1) is 0 Å². The third kappa shape index (κ3) is 4.47. The van der Waals surface area contributed by atoms with E-state index in [4.69, 9.17) is 0 Å². The zero-order valence-electron chi connectivity index (χ0n) is 18.7. The number of H-pyrrole nitrogens is 2. The summed E-state index contributed by atoms with van der Waals surface area (Å²) in [6.07, 6.45) is 0. The number of amides is 1. The fourth-order valence-electron chi connectivity index (χ4n) is 3.35. The van der Waals surface area contributed by atoms with Crippen LogP contribution in [0.4, 0.5) is 5.69 Å². The second-order valence-electron chi connectivity index (χ2n) is 8.78. The van der Waals surface area contributed by atoms with E-state index in [-0.39, 0.29) is 17.0 Å². The van der Waals surface area contributed by atoms with Crippen LogP contribution in [0.15, 0.2) is 52.4 Å². The third-order valence-corrected chi connectivity index (χ3v) is 6.41. The van der Waals surface area contributed by atoms with Gasteiger partial charge in [0.2, 0.25) is 5.91 Å². The third-order valence-electron chi connectivity index (χ3n) is 5.28. The number of aromatic amines is 2. The second kappa shape index (κ2) is 8.31. The van der Waals surface area contributed by atoms with Gasteiger partial charge in [-0.1, -0.05) is 56.8 Å². The van der Waals surface area contributed by atoms with Crippen LogP contribution in [0.1, 0.15) is 33.3 Å². The first-order chi connectivity index (χ1) is 15.1. The number of aromatic nitrogens is 5. The van der Waals surface area contributed by atoms with Crippen molar-refractivity contribution in [3.8, 4) is 11.4 Å². The van der Waals surface area contributed by atoms with Gasteiger partial charge in [-0.05, 0) is 36.1 Å². The Hall–Kier alpha value is -3.33. The molecule has 0 saturated heterocycles. The summed E-state index contributed by atoms with van der Waals surface area (Å²) in [5, 5.41) is 11.8. The van der Waals surface area contributed by atoms with Gasteiger partial charge < -0.3 is 19.9 Å². The number of anilines is 1. The molecule has 1 unspecified atom stereocenters. The van der Waals surface area contributed by atoms with Gasteiger partial charge in [-0.2, -0.15) is 0 Å². The lowest BCUT2D eigenvalue weighted by Gasteiger charge is -2.19. The van der Waals surface area contributed by atoms with Crippen LogP contribution in [0.2, 0.25) is 0 Å². The minimum absolute atomic E-state index is 0.0865. The summed E-state index contributed by atoms with van der Waals surface area (Å²) < 4.78 is 1.90. The van der Waals surface area contributed by atoms with E-state index in [9.17, 15) is 9.59 Å². The zero-order chi connectivity index (χ0) is 23.0. The fourth-order valence-corrected chi connectivity index (χ4v) is 4.17. The van der Waals surface area contributed by atoms with Crippen LogP contribution >= 0.6 is 11.8 Å². The number of hydrogen-bond acceptors (Lipinski definition) is 5. The summed E-state index contributed by atoms with van der Waals surface area (Å²) in [6, 6.07) is 13.6. The van der Waals surface area contributed by atoms with Crippen molar-refractivity contribution in [1.82, 2.24) is 24.7 Å². The van der Waals surface area contributed by atoms with Crippen molar-refractivity contribution in [2.24, 2.45) is 7.05 Å². The van der Waals surface area contributed by atoms with E-state index in [2.05, 4.69) is 70.5 Å². The van der Waals surface area contributed by atoms with Crippen molar-refractivity contribution in [2.75, 3.05) is 5.32 Å². The molecule has 3 N–H and O–H groups in total. The molecule has 2 aromatic heterocycles. The first kappa shape index (κ1) is 21.9. The Bertz CT molecular complexity index is 1330. The predicted molar refractivity (Wildman–Crippen MR) is 128 cm³/mol. The van der Waals surface area contributed by atoms with E-state index in [1.165, 1.54) is 17.3 Å². The van der Waals surface area contributed by atoms with Gasteiger partial charge in [0.1, 0.15) is 0 Å². The quantitative estimate of drug-likeness (QED) is 0.397. The number of nitrogens with one attached hydrogen (secondary N) is 3. The average Bonchev–Trinajstić information content (AvgIpc) is 3.28. The first-order valence-corrected chi connectivity index (χ1v) is 11.2. The van der Waals surface area contributed by atoms with E-state index in [1.54, 1.807) is 18.2 Å². The molecule has 1 atom stereocenters. The van der Waals surface area contributed by atoms with Crippen LogP contribution < -0.4 is 11.0 Å². The molecule has 166 valence electrons.